The molecule has 0 aromatic heterocycles. The summed E-state index contributed by atoms with van der Waals surface area (Å²) in [4.78, 5) is 2.61. The maximum Gasteiger partial charge on any atom is 0.0655 e. The van der Waals surface area contributed by atoms with E-state index in [4.69, 9.17) is 11.0 Å². The van der Waals surface area contributed by atoms with Crippen molar-refractivity contribution < 1.29 is 0 Å². The molecule has 1 heterocycles. The van der Waals surface area contributed by atoms with Crippen LogP contribution in [-0.2, 0) is 0 Å². The van der Waals surface area contributed by atoms with Crippen LogP contribution in [0.4, 0.5) is 0 Å². The average molecular weight is 221 g/mol. The van der Waals surface area contributed by atoms with Gasteiger partial charge in [-0.15, -0.1) is 0 Å². The van der Waals surface area contributed by atoms with Crippen LogP contribution in [0, 0.1) is 23.2 Å². The van der Waals surface area contributed by atoms with E-state index in [0.717, 1.165) is 38.4 Å². The molecule has 2 N–H and O–H groups in total. The highest BCUT2D eigenvalue weighted by molar-refractivity contribution is 4.91. The second-order valence-electron chi connectivity index (χ2n) is 5.56. The van der Waals surface area contributed by atoms with Gasteiger partial charge >= 0.3 is 0 Å². The highest BCUT2D eigenvalue weighted by atomic mass is 15.2. The maximum absolute atomic E-state index is 8.88. The van der Waals surface area contributed by atoms with Gasteiger partial charge < -0.3 is 10.6 Å². The van der Waals surface area contributed by atoms with Gasteiger partial charge in [-0.3, -0.25) is 0 Å². The minimum atomic E-state index is 0.320. The van der Waals surface area contributed by atoms with Gasteiger partial charge in [0.15, 0.2) is 0 Å². The molecule has 16 heavy (non-hydrogen) atoms. The molecular formula is C13H23N3. The third kappa shape index (κ3) is 2.56. The van der Waals surface area contributed by atoms with Crippen molar-refractivity contribution in [2.24, 2.45) is 17.6 Å². The molecule has 2 fully saturated rings. The second kappa shape index (κ2) is 5.16. The predicted molar refractivity (Wildman–Crippen MR) is 64.7 cm³/mol. The third-order valence-corrected chi connectivity index (χ3v) is 4.40. The zero-order chi connectivity index (χ0) is 11.5. The Morgan fingerprint density at radius 3 is 2.44 bits per heavy atom. The smallest absolute Gasteiger partial charge is 0.0655 e. The van der Waals surface area contributed by atoms with E-state index < -0.39 is 0 Å². The Morgan fingerprint density at radius 2 is 1.88 bits per heavy atom. The van der Waals surface area contributed by atoms with Crippen molar-refractivity contribution in [2.45, 2.75) is 51.1 Å². The van der Waals surface area contributed by atoms with Crippen LogP contribution in [0.5, 0.6) is 0 Å². The lowest BCUT2D eigenvalue weighted by atomic mass is 9.84. The summed E-state index contributed by atoms with van der Waals surface area (Å²) in [7, 11) is 0. The van der Waals surface area contributed by atoms with Gasteiger partial charge in [0.1, 0.15) is 0 Å². The highest BCUT2D eigenvalue weighted by Gasteiger charge is 2.30. The van der Waals surface area contributed by atoms with Crippen molar-refractivity contribution in [3.63, 3.8) is 0 Å². The van der Waals surface area contributed by atoms with E-state index in [1.165, 1.54) is 12.8 Å². The number of hydrogen-bond donors (Lipinski definition) is 1. The Bertz CT molecular complexity index is 263. The van der Waals surface area contributed by atoms with Crippen LogP contribution < -0.4 is 5.73 Å². The Morgan fingerprint density at radius 1 is 1.19 bits per heavy atom. The maximum atomic E-state index is 8.88. The summed E-state index contributed by atoms with van der Waals surface area (Å²) in [5, 5.41) is 8.88. The first kappa shape index (κ1) is 11.9. The number of nitrogens with zero attached hydrogens (tertiary/aromatic N) is 2. The van der Waals surface area contributed by atoms with Crippen LogP contribution in [0.1, 0.15) is 39.0 Å². The van der Waals surface area contributed by atoms with Gasteiger partial charge in [-0.05, 0) is 44.6 Å². The number of hydrogen-bond acceptors (Lipinski definition) is 3. The van der Waals surface area contributed by atoms with Crippen LogP contribution in [0.2, 0.25) is 0 Å². The topological polar surface area (TPSA) is 53.0 Å². The number of nitriles is 1. The van der Waals surface area contributed by atoms with Crippen LogP contribution in [0.3, 0.4) is 0 Å². The monoisotopic (exact) mass is 221 g/mol. The van der Waals surface area contributed by atoms with Gasteiger partial charge in [-0.2, -0.15) is 5.26 Å². The van der Waals surface area contributed by atoms with Gasteiger partial charge in [0.05, 0.1) is 6.07 Å². The first-order valence-corrected chi connectivity index (χ1v) is 6.60. The lowest BCUT2D eigenvalue weighted by Crippen LogP contribution is -2.50. The van der Waals surface area contributed by atoms with E-state index in [1.54, 1.807) is 0 Å². The highest BCUT2D eigenvalue weighted by Crippen LogP contribution is 2.29. The summed E-state index contributed by atoms with van der Waals surface area (Å²) in [6, 6.07) is 3.52. The number of piperidine rings is 1. The third-order valence-electron chi connectivity index (χ3n) is 4.40. The van der Waals surface area contributed by atoms with Crippen LogP contribution in [0.25, 0.3) is 0 Å². The summed E-state index contributed by atoms with van der Waals surface area (Å²) in [5.74, 6) is 0.947. The van der Waals surface area contributed by atoms with Gasteiger partial charge in [-0.25, -0.2) is 0 Å². The molecule has 0 radical (unpaired) electrons. The predicted octanol–water partition coefficient (Wildman–Crippen LogP) is 1.74. The summed E-state index contributed by atoms with van der Waals surface area (Å²) in [6.45, 7) is 4.58. The van der Waals surface area contributed by atoms with Crippen LogP contribution in [0.15, 0.2) is 0 Å². The Kier molecular flexibility index (Phi) is 3.83. The standard InChI is InChI=1S/C13H23N3/c1-10-9-16(7-6-13(10)15)12-4-2-11(8-14)3-5-12/h10-13H,2-7,9,15H2,1H3. The van der Waals surface area contributed by atoms with E-state index in [-0.39, 0.29) is 0 Å². The fourth-order valence-corrected chi connectivity index (χ4v) is 3.10. The Labute approximate surface area is 98.6 Å². The molecule has 1 aliphatic heterocycles. The molecule has 1 aliphatic carbocycles. The van der Waals surface area contributed by atoms with E-state index in [9.17, 15) is 0 Å². The lowest BCUT2D eigenvalue weighted by Gasteiger charge is -2.42. The summed E-state index contributed by atoms with van der Waals surface area (Å²) in [6.07, 6.45) is 5.75. The lowest BCUT2D eigenvalue weighted by molar-refractivity contribution is 0.0876. The van der Waals surface area contributed by atoms with Crippen LogP contribution >= 0.6 is 0 Å². The number of rotatable bonds is 1. The molecular weight excluding hydrogens is 198 g/mol. The van der Waals surface area contributed by atoms with E-state index >= 15 is 0 Å². The fraction of sp³-hybridized carbons (Fsp3) is 0.923. The molecule has 0 bridgehead atoms. The van der Waals surface area contributed by atoms with E-state index in [1.807, 2.05) is 0 Å². The van der Waals surface area contributed by atoms with E-state index in [0.29, 0.717) is 17.9 Å². The van der Waals surface area contributed by atoms with Crippen molar-refractivity contribution >= 4 is 0 Å². The van der Waals surface area contributed by atoms with Crippen molar-refractivity contribution in [3.05, 3.63) is 0 Å². The summed E-state index contributed by atoms with van der Waals surface area (Å²) < 4.78 is 0. The molecule has 2 unspecified atom stereocenters. The van der Waals surface area contributed by atoms with Crippen molar-refractivity contribution in [3.8, 4) is 6.07 Å². The quantitative estimate of drug-likeness (QED) is 0.733. The molecule has 2 atom stereocenters. The number of nitrogens with two attached hydrogens (primary N) is 1. The van der Waals surface area contributed by atoms with Gasteiger partial charge in [-0.1, -0.05) is 6.92 Å². The molecule has 1 saturated heterocycles. The van der Waals surface area contributed by atoms with Crippen molar-refractivity contribution in [1.29, 1.82) is 5.26 Å². The summed E-state index contributed by atoms with van der Waals surface area (Å²) in [5.41, 5.74) is 6.04. The van der Waals surface area contributed by atoms with Gasteiger partial charge in [0.25, 0.3) is 0 Å². The molecule has 0 amide bonds. The zero-order valence-electron chi connectivity index (χ0n) is 10.2. The SMILES string of the molecule is CC1CN(C2CCC(C#N)CC2)CCC1N. The molecule has 90 valence electrons. The molecule has 0 spiro atoms. The minimum Gasteiger partial charge on any atom is -0.327 e. The summed E-state index contributed by atoms with van der Waals surface area (Å²) >= 11 is 0. The molecule has 3 nitrogen and oxygen atoms in total. The van der Waals surface area contributed by atoms with Crippen molar-refractivity contribution in [1.82, 2.24) is 4.90 Å². The normalized spacial score (nSPS) is 41.6. The Hall–Kier alpha value is -0.590. The second-order valence-corrected chi connectivity index (χ2v) is 5.56. The first-order valence-electron chi connectivity index (χ1n) is 6.60. The molecule has 0 aromatic carbocycles. The molecule has 1 saturated carbocycles. The van der Waals surface area contributed by atoms with Gasteiger partial charge in [0.2, 0.25) is 0 Å². The molecule has 2 rings (SSSR count). The van der Waals surface area contributed by atoms with E-state index in [2.05, 4.69) is 17.9 Å². The Balaban J connectivity index is 1.83. The minimum absolute atomic E-state index is 0.320. The largest absolute Gasteiger partial charge is 0.327 e. The molecule has 0 aromatic rings. The van der Waals surface area contributed by atoms with Crippen LogP contribution in [-0.4, -0.2) is 30.1 Å². The zero-order valence-corrected chi connectivity index (χ0v) is 10.2. The molecule has 2 aliphatic rings. The molecule has 3 heteroatoms. The van der Waals surface area contributed by atoms with Gasteiger partial charge in [0, 0.05) is 24.5 Å². The van der Waals surface area contributed by atoms with Crippen molar-refractivity contribution in [2.75, 3.05) is 13.1 Å². The fourth-order valence-electron chi connectivity index (χ4n) is 3.10. The first-order chi connectivity index (χ1) is 7.70. The average Bonchev–Trinajstić information content (AvgIpc) is 2.33. The number of likely N-dealkylation sites (tertiary alicyclic amines) is 1.